The van der Waals surface area contributed by atoms with E-state index in [4.69, 9.17) is 4.74 Å². The van der Waals surface area contributed by atoms with Crippen molar-refractivity contribution in [1.82, 2.24) is 0 Å². The van der Waals surface area contributed by atoms with E-state index in [0.29, 0.717) is 0 Å². The molecule has 0 saturated carbocycles. The SMILES string of the molecule is CCOC(=O)CS(=O)(=O)C1COC1. The minimum Gasteiger partial charge on any atom is -0.465 e. The van der Waals surface area contributed by atoms with Crippen LogP contribution in [0.2, 0.25) is 0 Å². The number of ether oxygens (including phenoxy) is 2. The number of sulfone groups is 1. The van der Waals surface area contributed by atoms with Crippen LogP contribution in [0.1, 0.15) is 6.92 Å². The molecule has 1 fully saturated rings. The van der Waals surface area contributed by atoms with Gasteiger partial charge in [-0.2, -0.15) is 0 Å². The van der Waals surface area contributed by atoms with Gasteiger partial charge in [0.15, 0.2) is 9.84 Å². The highest BCUT2D eigenvalue weighted by atomic mass is 32.2. The molecule has 0 N–H and O–H groups in total. The van der Waals surface area contributed by atoms with Gasteiger partial charge in [0.25, 0.3) is 0 Å². The molecule has 0 spiro atoms. The second-order valence-electron chi connectivity index (χ2n) is 2.77. The molecule has 0 aromatic carbocycles. The first kappa shape index (κ1) is 10.5. The summed E-state index contributed by atoms with van der Waals surface area (Å²) in [5, 5.41) is -0.517. The first-order valence-corrected chi connectivity index (χ1v) is 5.72. The lowest BCUT2D eigenvalue weighted by atomic mass is 10.4. The summed E-state index contributed by atoms with van der Waals surface area (Å²) in [5.74, 6) is -1.22. The van der Waals surface area contributed by atoms with Crippen LogP contribution >= 0.6 is 0 Å². The fraction of sp³-hybridized carbons (Fsp3) is 0.857. The van der Waals surface area contributed by atoms with Gasteiger partial charge in [-0.05, 0) is 6.92 Å². The van der Waals surface area contributed by atoms with Gasteiger partial charge < -0.3 is 9.47 Å². The van der Waals surface area contributed by atoms with Crippen molar-refractivity contribution in [3.05, 3.63) is 0 Å². The van der Waals surface area contributed by atoms with Crippen LogP contribution in [0, 0.1) is 0 Å². The molecule has 1 heterocycles. The number of esters is 1. The summed E-state index contributed by atoms with van der Waals surface area (Å²) in [4.78, 5) is 10.9. The standard InChI is InChI=1S/C7H12O5S/c1-2-12-7(8)5-13(9,10)6-3-11-4-6/h6H,2-5H2,1H3. The molecule has 0 aromatic heterocycles. The van der Waals surface area contributed by atoms with E-state index in [1.54, 1.807) is 6.92 Å². The van der Waals surface area contributed by atoms with Crippen LogP contribution in [0.3, 0.4) is 0 Å². The molecule has 1 aliphatic heterocycles. The Kier molecular flexibility index (Phi) is 3.27. The van der Waals surface area contributed by atoms with E-state index in [-0.39, 0.29) is 19.8 Å². The second kappa shape index (κ2) is 4.06. The number of rotatable bonds is 4. The number of hydrogen-bond donors (Lipinski definition) is 0. The summed E-state index contributed by atoms with van der Waals surface area (Å²) in [6.45, 7) is 2.23. The first-order valence-electron chi connectivity index (χ1n) is 4.01. The van der Waals surface area contributed by atoms with Gasteiger partial charge in [-0.3, -0.25) is 4.79 Å². The van der Waals surface area contributed by atoms with Crippen LogP contribution in [0.4, 0.5) is 0 Å². The third kappa shape index (κ3) is 2.67. The number of carbonyl (C=O) groups excluding carboxylic acids is 1. The van der Waals surface area contributed by atoms with Crippen molar-refractivity contribution in [2.75, 3.05) is 25.6 Å². The monoisotopic (exact) mass is 208 g/mol. The van der Waals surface area contributed by atoms with Crippen LogP contribution in [-0.4, -0.2) is 45.2 Å². The highest BCUT2D eigenvalue weighted by Crippen LogP contribution is 2.12. The zero-order chi connectivity index (χ0) is 9.90. The Bertz CT molecular complexity index is 277. The summed E-state index contributed by atoms with van der Waals surface area (Å²) < 4.78 is 31.9. The molecule has 13 heavy (non-hydrogen) atoms. The minimum absolute atomic E-state index is 0.196. The fourth-order valence-electron chi connectivity index (χ4n) is 0.906. The second-order valence-corrected chi connectivity index (χ2v) is 5.05. The maximum absolute atomic E-state index is 11.3. The van der Waals surface area contributed by atoms with Crippen molar-refractivity contribution in [2.45, 2.75) is 12.2 Å². The molecular weight excluding hydrogens is 196 g/mol. The average molecular weight is 208 g/mol. The van der Waals surface area contributed by atoms with Gasteiger partial charge >= 0.3 is 5.97 Å². The van der Waals surface area contributed by atoms with Gasteiger partial charge in [0.1, 0.15) is 11.0 Å². The first-order chi connectivity index (χ1) is 6.06. The fourth-order valence-corrected chi connectivity index (χ4v) is 2.16. The predicted molar refractivity (Wildman–Crippen MR) is 45.0 cm³/mol. The molecule has 1 rings (SSSR count). The lowest BCUT2D eigenvalue weighted by molar-refractivity contribution is -0.140. The normalized spacial score (nSPS) is 17.9. The van der Waals surface area contributed by atoms with Crippen molar-refractivity contribution in [3.8, 4) is 0 Å². The van der Waals surface area contributed by atoms with Crippen LogP contribution in [0.25, 0.3) is 0 Å². The highest BCUT2D eigenvalue weighted by Gasteiger charge is 2.34. The molecule has 1 aliphatic rings. The molecule has 0 unspecified atom stereocenters. The third-order valence-electron chi connectivity index (χ3n) is 1.74. The maximum Gasteiger partial charge on any atom is 0.321 e. The van der Waals surface area contributed by atoms with Crippen molar-refractivity contribution in [2.24, 2.45) is 0 Å². The molecule has 0 bridgehead atoms. The lowest BCUT2D eigenvalue weighted by Gasteiger charge is -2.25. The van der Waals surface area contributed by atoms with Crippen molar-refractivity contribution in [1.29, 1.82) is 0 Å². The van der Waals surface area contributed by atoms with Gasteiger partial charge in [-0.1, -0.05) is 0 Å². The Morgan fingerprint density at radius 2 is 2.15 bits per heavy atom. The molecule has 1 saturated heterocycles. The van der Waals surface area contributed by atoms with E-state index in [1.165, 1.54) is 0 Å². The van der Waals surface area contributed by atoms with E-state index in [1.807, 2.05) is 0 Å². The van der Waals surface area contributed by atoms with Gasteiger partial charge in [0, 0.05) is 0 Å². The summed E-state index contributed by atoms with van der Waals surface area (Å²) in [7, 11) is -3.34. The Morgan fingerprint density at radius 3 is 2.54 bits per heavy atom. The van der Waals surface area contributed by atoms with Crippen molar-refractivity contribution < 1.29 is 22.7 Å². The predicted octanol–water partition coefficient (Wildman–Crippen LogP) is -0.637. The molecule has 0 aromatic rings. The molecule has 0 atom stereocenters. The average Bonchev–Trinajstić information content (AvgIpc) is 1.79. The lowest BCUT2D eigenvalue weighted by Crippen LogP contribution is -2.43. The van der Waals surface area contributed by atoms with E-state index >= 15 is 0 Å². The van der Waals surface area contributed by atoms with E-state index in [2.05, 4.69) is 4.74 Å². The van der Waals surface area contributed by atoms with E-state index < -0.39 is 26.8 Å². The third-order valence-corrected chi connectivity index (χ3v) is 3.67. The summed E-state index contributed by atoms with van der Waals surface area (Å²) in [6.07, 6.45) is 0. The van der Waals surface area contributed by atoms with Crippen LogP contribution < -0.4 is 0 Å². The molecule has 0 amide bonds. The van der Waals surface area contributed by atoms with Crippen molar-refractivity contribution >= 4 is 15.8 Å². The van der Waals surface area contributed by atoms with Gasteiger partial charge in [0.2, 0.25) is 0 Å². The number of carbonyl (C=O) groups is 1. The van der Waals surface area contributed by atoms with Gasteiger partial charge in [-0.25, -0.2) is 8.42 Å². The topological polar surface area (TPSA) is 69.7 Å². The van der Waals surface area contributed by atoms with Crippen LogP contribution in [-0.2, 0) is 24.1 Å². The minimum atomic E-state index is -3.34. The Hall–Kier alpha value is -0.620. The van der Waals surface area contributed by atoms with E-state index in [9.17, 15) is 13.2 Å². The highest BCUT2D eigenvalue weighted by molar-refractivity contribution is 7.92. The smallest absolute Gasteiger partial charge is 0.321 e. The quantitative estimate of drug-likeness (QED) is 0.575. The summed E-state index contributed by atoms with van der Waals surface area (Å²) in [5.41, 5.74) is 0. The van der Waals surface area contributed by atoms with Crippen molar-refractivity contribution in [3.63, 3.8) is 0 Å². The summed E-state index contributed by atoms with van der Waals surface area (Å²) >= 11 is 0. The molecular formula is C7H12O5S. The maximum atomic E-state index is 11.3. The zero-order valence-corrected chi connectivity index (χ0v) is 8.17. The molecule has 6 heteroatoms. The summed E-state index contributed by atoms with van der Waals surface area (Å²) in [6, 6.07) is 0. The van der Waals surface area contributed by atoms with E-state index in [0.717, 1.165) is 0 Å². The van der Waals surface area contributed by atoms with Crippen LogP contribution in [0.5, 0.6) is 0 Å². The molecule has 0 radical (unpaired) electrons. The van der Waals surface area contributed by atoms with Gasteiger partial charge in [0.05, 0.1) is 19.8 Å². The largest absolute Gasteiger partial charge is 0.465 e. The zero-order valence-electron chi connectivity index (χ0n) is 7.36. The Balaban J connectivity index is 2.46. The molecule has 5 nitrogen and oxygen atoms in total. The molecule has 0 aliphatic carbocycles. The van der Waals surface area contributed by atoms with Crippen LogP contribution in [0.15, 0.2) is 0 Å². The Morgan fingerprint density at radius 1 is 1.54 bits per heavy atom. The Labute approximate surface area is 76.9 Å². The number of hydrogen-bond acceptors (Lipinski definition) is 5. The van der Waals surface area contributed by atoms with Gasteiger partial charge in [-0.15, -0.1) is 0 Å². The molecule has 76 valence electrons.